The Morgan fingerprint density at radius 3 is 2.56 bits per heavy atom. The lowest BCUT2D eigenvalue weighted by Gasteiger charge is -2.27. The van der Waals surface area contributed by atoms with Crippen LogP contribution in [0.3, 0.4) is 0 Å². The monoisotopic (exact) mass is 314 g/mol. The van der Waals surface area contributed by atoms with Crippen molar-refractivity contribution < 1.29 is 14.6 Å². The number of halogens is 1. The van der Waals surface area contributed by atoms with E-state index >= 15 is 0 Å². The third kappa shape index (κ3) is 2.81. The van der Waals surface area contributed by atoms with Crippen LogP contribution in [0.1, 0.15) is 38.9 Å². The molecule has 0 radical (unpaired) electrons. The topological polar surface area (TPSA) is 38.7 Å². The van der Waals surface area contributed by atoms with Crippen molar-refractivity contribution in [3.63, 3.8) is 0 Å². The van der Waals surface area contributed by atoms with Gasteiger partial charge in [-0.1, -0.05) is 20.8 Å². The standard InChI is InChI=1S/C14H19BrO3/c1-14(2,3)13(16)9-7-10(15)12-11(8-9)17-5-4-6-18-12/h7-8,13,16H,4-6H2,1-3H3. The molecule has 0 saturated carbocycles. The lowest BCUT2D eigenvalue weighted by molar-refractivity contribution is 0.0623. The maximum Gasteiger partial charge on any atom is 0.175 e. The number of aliphatic hydroxyl groups is 1. The van der Waals surface area contributed by atoms with Crippen LogP contribution in [0.25, 0.3) is 0 Å². The summed E-state index contributed by atoms with van der Waals surface area (Å²) < 4.78 is 12.1. The van der Waals surface area contributed by atoms with Crippen LogP contribution in [0.4, 0.5) is 0 Å². The van der Waals surface area contributed by atoms with Gasteiger partial charge in [0.1, 0.15) is 0 Å². The van der Waals surface area contributed by atoms with E-state index in [2.05, 4.69) is 15.9 Å². The molecule has 18 heavy (non-hydrogen) atoms. The van der Waals surface area contributed by atoms with E-state index in [4.69, 9.17) is 9.47 Å². The largest absolute Gasteiger partial charge is 0.490 e. The van der Waals surface area contributed by atoms with E-state index in [1.807, 2.05) is 32.9 Å². The summed E-state index contributed by atoms with van der Waals surface area (Å²) in [4.78, 5) is 0. The lowest BCUT2D eigenvalue weighted by atomic mass is 9.85. The third-order valence-corrected chi connectivity index (χ3v) is 3.55. The molecule has 3 nitrogen and oxygen atoms in total. The molecule has 1 aromatic carbocycles. The molecule has 100 valence electrons. The van der Waals surface area contributed by atoms with Crippen molar-refractivity contribution in [1.82, 2.24) is 0 Å². The first-order valence-corrected chi connectivity index (χ1v) is 6.96. The SMILES string of the molecule is CC(C)(C)C(O)c1cc(Br)c2c(c1)OCCCO2. The highest BCUT2D eigenvalue weighted by Crippen LogP contribution is 2.42. The summed E-state index contributed by atoms with van der Waals surface area (Å²) in [6, 6.07) is 3.78. The Labute approximate surface area is 116 Å². The summed E-state index contributed by atoms with van der Waals surface area (Å²) in [6.45, 7) is 7.33. The van der Waals surface area contributed by atoms with Gasteiger partial charge in [-0.25, -0.2) is 0 Å². The fourth-order valence-electron chi connectivity index (χ4n) is 1.91. The molecule has 0 fully saturated rings. The zero-order valence-corrected chi connectivity index (χ0v) is 12.6. The first kappa shape index (κ1) is 13.7. The van der Waals surface area contributed by atoms with Gasteiger partial charge in [-0.05, 0) is 39.0 Å². The second-order valence-electron chi connectivity index (χ2n) is 5.65. The van der Waals surface area contributed by atoms with Crippen LogP contribution in [-0.2, 0) is 0 Å². The van der Waals surface area contributed by atoms with Gasteiger partial charge in [0.05, 0.1) is 23.8 Å². The molecule has 0 aliphatic carbocycles. The quantitative estimate of drug-likeness (QED) is 0.859. The molecule has 1 atom stereocenters. The van der Waals surface area contributed by atoms with Gasteiger partial charge in [0, 0.05) is 6.42 Å². The number of benzene rings is 1. The second kappa shape index (κ2) is 5.10. The Hall–Kier alpha value is -0.740. The van der Waals surface area contributed by atoms with Crippen LogP contribution < -0.4 is 9.47 Å². The Kier molecular flexibility index (Phi) is 3.87. The molecular weight excluding hydrogens is 296 g/mol. The van der Waals surface area contributed by atoms with E-state index in [1.165, 1.54) is 0 Å². The lowest BCUT2D eigenvalue weighted by Crippen LogP contribution is -2.17. The first-order valence-electron chi connectivity index (χ1n) is 6.16. The molecule has 1 unspecified atom stereocenters. The molecule has 0 spiro atoms. The molecule has 1 N–H and O–H groups in total. The van der Waals surface area contributed by atoms with Gasteiger partial charge in [0.25, 0.3) is 0 Å². The Morgan fingerprint density at radius 1 is 1.22 bits per heavy atom. The number of hydrogen-bond acceptors (Lipinski definition) is 3. The molecule has 4 heteroatoms. The molecule has 2 rings (SSSR count). The summed E-state index contributed by atoms with van der Waals surface area (Å²) in [5.74, 6) is 1.44. The summed E-state index contributed by atoms with van der Waals surface area (Å²) in [5, 5.41) is 10.3. The molecule has 1 aromatic rings. The van der Waals surface area contributed by atoms with Crippen molar-refractivity contribution in [2.24, 2.45) is 5.41 Å². The highest BCUT2D eigenvalue weighted by molar-refractivity contribution is 9.10. The summed E-state index contributed by atoms with van der Waals surface area (Å²) in [7, 11) is 0. The average Bonchev–Trinajstić information content (AvgIpc) is 2.52. The molecule has 0 aromatic heterocycles. The average molecular weight is 315 g/mol. The minimum absolute atomic E-state index is 0.209. The van der Waals surface area contributed by atoms with Crippen LogP contribution >= 0.6 is 15.9 Å². The first-order chi connectivity index (χ1) is 8.39. The van der Waals surface area contributed by atoms with Gasteiger partial charge < -0.3 is 14.6 Å². The van der Waals surface area contributed by atoms with Gasteiger partial charge in [-0.15, -0.1) is 0 Å². The highest BCUT2D eigenvalue weighted by atomic mass is 79.9. The molecule has 0 bridgehead atoms. The van der Waals surface area contributed by atoms with E-state index in [9.17, 15) is 5.11 Å². The molecular formula is C14H19BrO3. The molecule has 0 saturated heterocycles. The minimum Gasteiger partial charge on any atom is -0.490 e. The van der Waals surface area contributed by atoms with Gasteiger partial charge >= 0.3 is 0 Å². The summed E-state index contributed by atoms with van der Waals surface area (Å²) in [6.07, 6.45) is 0.337. The molecule has 0 amide bonds. The van der Waals surface area contributed by atoms with E-state index in [1.54, 1.807) is 0 Å². The smallest absolute Gasteiger partial charge is 0.175 e. The van der Waals surface area contributed by atoms with Crippen molar-refractivity contribution in [3.8, 4) is 11.5 Å². The zero-order valence-electron chi connectivity index (χ0n) is 11.0. The van der Waals surface area contributed by atoms with E-state index in [0.29, 0.717) is 19.0 Å². The number of fused-ring (bicyclic) bond motifs is 1. The Balaban J connectivity index is 2.40. The second-order valence-corrected chi connectivity index (χ2v) is 6.50. The highest BCUT2D eigenvalue weighted by Gasteiger charge is 2.26. The normalized spacial score (nSPS) is 17.2. The Bertz CT molecular complexity index is 437. The maximum atomic E-state index is 10.3. The van der Waals surface area contributed by atoms with Crippen molar-refractivity contribution in [3.05, 3.63) is 22.2 Å². The predicted molar refractivity (Wildman–Crippen MR) is 74.2 cm³/mol. The van der Waals surface area contributed by atoms with Gasteiger partial charge in [-0.2, -0.15) is 0 Å². The molecule has 1 aliphatic heterocycles. The van der Waals surface area contributed by atoms with E-state index < -0.39 is 6.10 Å². The Morgan fingerprint density at radius 2 is 1.89 bits per heavy atom. The molecule has 1 heterocycles. The van der Waals surface area contributed by atoms with Crippen molar-refractivity contribution in [1.29, 1.82) is 0 Å². The fourth-order valence-corrected chi connectivity index (χ4v) is 2.48. The number of hydrogen-bond donors (Lipinski definition) is 1. The van der Waals surface area contributed by atoms with Crippen LogP contribution in [0, 0.1) is 5.41 Å². The number of ether oxygens (including phenoxy) is 2. The fraction of sp³-hybridized carbons (Fsp3) is 0.571. The van der Waals surface area contributed by atoms with Crippen molar-refractivity contribution in [2.45, 2.75) is 33.3 Å². The van der Waals surface area contributed by atoms with E-state index in [0.717, 1.165) is 22.2 Å². The summed E-state index contributed by atoms with van der Waals surface area (Å²) in [5.41, 5.74) is 0.637. The van der Waals surface area contributed by atoms with Crippen LogP contribution in [-0.4, -0.2) is 18.3 Å². The van der Waals surface area contributed by atoms with Gasteiger partial charge in [-0.3, -0.25) is 0 Å². The maximum absolute atomic E-state index is 10.3. The molecule has 1 aliphatic rings. The number of aliphatic hydroxyl groups excluding tert-OH is 1. The third-order valence-electron chi connectivity index (χ3n) is 2.96. The number of rotatable bonds is 1. The van der Waals surface area contributed by atoms with E-state index in [-0.39, 0.29) is 5.41 Å². The summed E-state index contributed by atoms with van der Waals surface area (Å²) >= 11 is 3.49. The predicted octanol–water partition coefficient (Wildman–Crippen LogP) is 3.69. The van der Waals surface area contributed by atoms with Crippen LogP contribution in [0.15, 0.2) is 16.6 Å². The van der Waals surface area contributed by atoms with Gasteiger partial charge in [0.2, 0.25) is 0 Å². The van der Waals surface area contributed by atoms with Crippen LogP contribution in [0.2, 0.25) is 0 Å². The van der Waals surface area contributed by atoms with Gasteiger partial charge in [0.15, 0.2) is 11.5 Å². The zero-order chi connectivity index (χ0) is 13.3. The van der Waals surface area contributed by atoms with Crippen molar-refractivity contribution >= 4 is 15.9 Å². The van der Waals surface area contributed by atoms with Crippen LogP contribution in [0.5, 0.6) is 11.5 Å². The van der Waals surface area contributed by atoms with Crippen molar-refractivity contribution in [2.75, 3.05) is 13.2 Å². The minimum atomic E-state index is -0.536.